The Morgan fingerprint density at radius 3 is 2.31 bits per heavy atom. The third-order valence-corrected chi connectivity index (χ3v) is 10.5. The van der Waals surface area contributed by atoms with Crippen molar-refractivity contribution in [2.45, 2.75) is 39.3 Å². The van der Waals surface area contributed by atoms with Crippen molar-refractivity contribution in [1.29, 1.82) is 0 Å². The number of halogens is 4. The number of carbonyl (C=O) groups is 1. The van der Waals surface area contributed by atoms with Crippen molar-refractivity contribution in [1.82, 2.24) is 0 Å². The van der Waals surface area contributed by atoms with E-state index in [1.165, 1.54) is 12.1 Å². The van der Waals surface area contributed by atoms with Crippen molar-refractivity contribution in [3.8, 4) is 0 Å². The summed E-state index contributed by atoms with van der Waals surface area (Å²) in [6.07, 6.45) is -2.64. The van der Waals surface area contributed by atoms with E-state index in [1.54, 1.807) is 0 Å². The number of Topliss-reactive ketones (excluding diaryl/α,β-unsaturated/α-hetero) is 1. The number of rotatable bonds is 5. The molecule has 0 heterocycles. The number of hydrogen-bond donors (Lipinski definition) is 0. The summed E-state index contributed by atoms with van der Waals surface area (Å²) in [5, 5.41) is 0. The van der Waals surface area contributed by atoms with Crippen LogP contribution in [0.15, 0.2) is 24.3 Å². The van der Waals surface area contributed by atoms with E-state index in [0.29, 0.717) is 16.4 Å². The van der Waals surface area contributed by atoms with Gasteiger partial charge < -0.3 is 0 Å². The molecule has 1 aromatic carbocycles. The van der Waals surface area contributed by atoms with Gasteiger partial charge in [-0.05, 0) is 0 Å². The molecule has 9 heteroatoms. The Bertz CT molecular complexity index is 817. The van der Waals surface area contributed by atoms with Crippen LogP contribution in [0.3, 0.4) is 0 Å². The number of ketones is 1. The SMILES string of the molecule is CC1(C)C2CCC1(CS(=O)(=O)O[I-]c1ccc(C(F)(F)F)cc1)C(=O)C2. The molecule has 4 nitrogen and oxygen atoms in total. The first-order valence-electron chi connectivity index (χ1n) is 8.14. The van der Waals surface area contributed by atoms with Crippen LogP contribution >= 0.6 is 0 Å². The molecule has 3 rings (SSSR count). The van der Waals surface area contributed by atoms with Crippen molar-refractivity contribution in [2.24, 2.45) is 16.7 Å². The first-order valence-corrected chi connectivity index (χ1v) is 11.7. The third-order valence-electron chi connectivity index (χ3n) is 5.95. The topological polar surface area (TPSA) is 60.4 Å². The van der Waals surface area contributed by atoms with Crippen LogP contribution < -0.4 is 21.6 Å². The molecule has 0 spiro atoms. The second-order valence-corrected chi connectivity index (χ2v) is 11.8. The van der Waals surface area contributed by atoms with Gasteiger partial charge in [0.1, 0.15) is 0 Å². The summed E-state index contributed by atoms with van der Waals surface area (Å²) in [6.45, 7) is 3.88. The third kappa shape index (κ3) is 3.42. The zero-order valence-corrected chi connectivity index (χ0v) is 17.2. The monoisotopic (exact) mass is 503 g/mol. The number of hydrogen-bond acceptors (Lipinski definition) is 4. The minimum absolute atomic E-state index is 0.0151. The van der Waals surface area contributed by atoms with Gasteiger partial charge >= 0.3 is 162 Å². The van der Waals surface area contributed by atoms with Gasteiger partial charge in [0.25, 0.3) is 0 Å². The molecule has 2 aliphatic rings. The van der Waals surface area contributed by atoms with Crippen LogP contribution in [0.25, 0.3) is 0 Å². The first-order chi connectivity index (χ1) is 11.9. The van der Waals surface area contributed by atoms with Crippen LogP contribution in [-0.4, -0.2) is 20.0 Å². The summed E-state index contributed by atoms with van der Waals surface area (Å²) in [5.41, 5.74) is -2.07. The molecule has 0 amide bonds. The molecule has 0 aliphatic heterocycles. The van der Waals surface area contributed by atoms with Gasteiger partial charge in [-0.25, -0.2) is 0 Å². The van der Waals surface area contributed by atoms with E-state index in [0.717, 1.165) is 18.6 Å². The molecule has 2 bridgehead atoms. The Hall–Kier alpha value is -0.680. The average molecular weight is 503 g/mol. The molecule has 146 valence electrons. The summed E-state index contributed by atoms with van der Waals surface area (Å²) >= 11 is -1.46. The molecule has 2 aliphatic carbocycles. The normalized spacial score (nSPS) is 28.0. The fourth-order valence-corrected chi connectivity index (χ4v) is 8.18. The van der Waals surface area contributed by atoms with E-state index < -0.39 is 48.9 Å². The maximum atomic E-state index is 12.6. The number of alkyl halides is 3. The predicted octanol–water partition coefficient (Wildman–Crippen LogP) is 0.621. The van der Waals surface area contributed by atoms with Crippen molar-refractivity contribution < 1.29 is 50.5 Å². The standard InChI is InChI=1S/C17H19F3IO4S/c1-15(2)12-7-8-16(15,14(22)9-12)10-26(23,24)25-21-13-5-3-11(4-6-13)17(18,19)20/h3-6,12H,7-10H2,1-2H3/q-1. The van der Waals surface area contributed by atoms with Gasteiger partial charge in [0.05, 0.1) is 0 Å². The van der Waals surface area contributed by atoms with Gasteiger partial charge in [-0.15, -0.1) is 0 Å². The van der Waals surface area contributed by atoms with Crippen LogP contribution in [0.4, 0.5) is 13.2 Å². The van der Waals surface area contributed by atoms with Gasteiger partial charge in [0, 0.05) is 0 Å². The Balaban J connectivity index is 1.69. The molecule has 2 fully saturated rings. The summed E-state index contributed by atoms with van der Waals surface area (Å²) in [7, 11) is -3.94. The number of carbonyl (C=O) groups excluding carboxylic acids is 1. The molecule has 2 atom stereocenters. The quantitative estimate of drug-likeness (QED) is 0.554. The molecule has 2 unspecified atom stereocenters. The van der Waals surface area contributed by atoms with Crippen molar-refractivity contribution in [2.75, 3.05) is 5.75 Å². The van der Waals surface area contributed by atoms with E-state index in [4.69, 9.17) is 2.51 Å². The molecular weight excluding hydrogens is 484 g/mol. The number of benzene rings is 1. The molecule has 1 aromatic rings. The fourth-order valence-electron chi connectivity index (χ4n) is 4.21. The second kappa shape index (κ2) is 6.44. The average Bonchev–Trinajstić information content (AvgIpc) is 2.86. The minimum atomic E-state index is -4.43. The maximum absolute atomic E-state index is 12.6. The zero-order chi connectivity index (χ0) is 19.4. The molecular formula is C17H19F3IO4S-. The molecule has 26 heavy (non-hydrogen) atoms. The van der Waals surface area contributed by atoms with Crippen molar-refractivity contribution >= 4 is 15.9 Å². The second-order valence-electron chi connectivity index (χ2n) is 7.51. The van der Waals surface area contributed by atoms with Gasteiger partial charge in [-0.1, -0.05) is 0 Å². The Morgan fingerprint density at radius 1 is 1.23 bits per heavy atom. The van der Waals surface area contributed by atoms with Crippen LogP contribution in [0.2, 0.25) is 0 Å². The fraction of sp³-hybridized carbons (Fsp3) is 0.588. The number of fused-ring (bicyclic) bond motifs is 2. The van der Waals surface area contributed by atoms with Crippen LogP contribution in [0, 0.1) is 20.3 Å². The van der Waals surface area contributed by atoms with Crippen molar-refractivity contribution in [3.63, 3.8) is 0 Å². The van der Waals surface area contributed by atoms with Gasteiger partial charge in [0.15, 0.2) is 0 Å². The van der Waals surface area contributed by atoms with E-state index in [9.17, 15) is 26.4 Å². The zero-order valence-electron chi connectivity index (χ0n) is 14.3. The van der Waals surface area contributed by atoms with Crippen LogP contribution in [0.5, 0.6) is 0 Å². The molecule has 0 radical (unpaired) electrons. The van der Waals surface area contributed by atoms with E-state index in [-0.39, 0.29) is 22.9 Å². The van der Waals surface area contributed by atoms with Crippen molar-refractivity contribution in [3.05, 3.63) is 33.4 Å². The molecule has 2 saturated carbocycles. The van der Waals surface area contributed by atoms with Crippen LogP contribution in [0.1, 0.15) is 38.7 Å². The Kier molecular flexibility index (Phi) is 4.97. The van der Waals surface area contributed by atoms with Crippen LogP contribution in [-0.2, 0) is 23.6 Å². The summed E-state index contributed by atoms with van der Waals surface area (Å²) in [5.74, 6) is -0.156. The summed E-state index contributed by atoms with van der Waals surface area (Å²) in [4.78, 5) is 12.4. The predicted molar refractivity (Wildman–Crippen MR) is 83.6 cm³/mol. The Labute approximate surface area is 161 Å². The van der Waals surface area contributed by atoms with Gasteiger partial charge in [-0.3, -0.25) is 0 Å². The van der Waals surface area contributed by atoms with E-state index >= 15 is 0 Å². The molecule has 0 aromatic heterocycles. The summed E-state index contributed by atoms with van der Waals surface area (Å²) in [6, 6.07) is 4.30. The van der Waals surface area contributed by atoms with E-state index in [1.807, 2.05) is 13.8 Å². The van der Waals surface area contributed by atoms with E-state index in [2.05, 4.69) is 0 Å². The Morgan fingerprint density at radius 2 is 1.85 bits per heavy atom. The first kappa shape index (κ1) is 20.1. The molecule has 0 N–H and O–H groups in total. The van der Waals surface area contributed by atoms with Gasteiger partial charge in [0.2, 0.25) is 0 Å². The summed E-state index contributed by atoms with van der Waals surface area (Å²) < 4.78 is 68.2. The van der Waals surface area contributed by atoms with Gasteiger partial charge in [-0.2, -0.15) is 0 Å². The molecule has 0 saturated heterocycles.